The second-order valence-corrected chi connectivity index (χ2v) is 7.96. The average molecular weight is 326 g/mol. The molecule has 3 heterocycles. The van der Waals surface area contributed by atoms with E-state index in [0.717, 1.165) is 32.6 Å². The van der Waals surface area contributed by atoms with E-state index in [9.17, 15) is 4.79 Å². The Balaban J connectivity index is 1.57. The van der Waals surface area contributed by atoms with Gasteiger partial charge in [0.1, 0.15) is 4.88 Å². The van der Waals surface area contributed by atoms with E-state index in [1.165, 1.54) is 30.6 Å². The first kappa shape index (κ1) is 14.0. The van der Waals surface area contributed by atoms with Crippen molar-refractivity contribution in [3.05, 3.63) is 21.3 Å². The van der Waals surface area contributed by atoms with Crippen LogP contribution in [-0.2, 0) is 4.74 Å². The van der Waals surface area contributed by atoms with Gasteiger partial charge in [0.25, 0.3) is 5.91 Å². The number of amides is 1. The minimum absolute atomic E-state index is 0.143. The van der Waals surface area contributed by atoms with Crippen LogP contribution in [0.1, 0.15) is 41.8 Å². The highest BCUT2D eigenvalue weighted by Gasteiger charge is 2.59. The Bertz CT molecular complexity index is 548. The summed E-state index contributed by atoms with van der Waals surface area (Å²) >= 11 is 7.62. The summed E-state index contributed by atoms with van der Waals surface area (Å²) in [7, 11) is 0. The largest absolute Gasteiger partial charge is 0.381 e. The summed E-state index contributed by atoms with van der Waals surface area (Å²) in [5.74, 6) is 0.750. The molecule has 0 radical (unpaired) electrons. The Labute approximate surface area is 134 Å². The number of hydrogen-bond donors (Lipinski definition) is 0. The molecule has 4 rings (SSSR count). The number of hydrogen-bond acceptors (Lipinski definition) is 3. The highest BCUT2D eigenvalue weighted by Crippen LogP contribution is 2.57. The highest BCUT2D eigenvalue weighted by molar-refractivity contribution is 7.12. The smallest absolute Gasteiger partial charge is 0.265 e. The van der Waals surface area contributed by atoms with E-state index in [-0.39, 0.29) is 5.91 Å². The maximum atomic E-state index is 12.8. The summed E-state index contributed by atoms with van der Waals surface area (Å²) in [6, 6.07) is 2.24. The summed E-state index contributed by atoms with van der Waals surface area (Å²) in [4.78, 5) is 15.6. The van der Waals surface area contributed by atoms with E-state index in [4.69, 9.17) is 16.3 Å². The summed E-state index contributed by atoms with van der Waals surface area (Å²) < 4.78 is 5.50. The number of carbonyl (C=O) groups excluding carboxylic acids is 1. The van der Waals surface area contributed by atoms with Crippen LogP contribution in [0.2, 0.25) is 5.02 Å². The lowest BCUT2D eigenvalue weighted by Crippen LogP contribution is -2.71. The molecule has 0 N–H and O–H groups in total. The molecule has 3 fully saturated rings. The molecule has 114 valence electrons. The van der Waals surface area contributed by atoms with Gasteiger partial charge >= 0.3 is 0 Å². The normalized spacial score (nSPS) is 28.2. The lowest BCUT2D eigenvalue weighted by molar-refractivity contribution is -0.140. The Morgan fingerprint density at radius 3 is 2.71 bits per heavy atom. The van der Waals surface area contributed by atoms with E-state index in [0.29, 0.717) is 27.3 Å². The third-order valence-corrected chi connectivity index (χ3v) is 6.91. The topological polar surface area (TPSA) is 29.5 Å². The van der Waals surface area contributed by atoms with Crippen molar-refractivity contribution in [3.63, 3.8) is 0 Å². The predicted octanol–water partition coefficient (Wildman–Crippen LogP) is 3.82. The van der Waals surface area contributed by atoms with Crippen LogP contribution in [-0.4, -0.2) is 36.6 Å². The van der Waals surface area contributed by atoms with E-state index in [1.54, 1.807) is 0 Å². The quantitative estimate of drug-likeness (QED) is 0.827. The maximum absolute atomic E-state index is 12.8. The van der Waals surface area contributed by atoms with Crippen molar-refractivity contribution in [2.75, 3.05) is 19.8 Å². The second-order valence-electron chi connectivity index (χ2n) is 6.64. The Kier molecular flexibility index (Phi) is 3.51. The van der Waals surface area contributed by atoms with Crippen LogP contribution in [0, 0.1) is 11.3 Å². The molecule has 1 aromatic heterocycles. The van der Waals surface area contributed by atoms with Crippen LogP contribution in [0.4, 0.5) is 0 Å². The van der Waals surface area contributed by atoms with Gasteiger partial charge in [-0.2, -0.15) is 0 Å². The van der Waals surface area contributed by atoms with Gasteiger partial charge in [-0.25, -0.2) is 0 Å². The fourth-order valence-electron chi connectivity index (χ4n) is 4.39. The van der Waals surface area contributed by atoms with Gasteiger partial charge in [-0.1, -0.05) is 18.0 Å². The van der Waals surface area contributed by atoms with Crippen LogP contribution >= 0.6 is 22.9 Å². The summed E-state index contributed by atoms with van der Waals surface area (Å²) in [6.07, 6.45) is 6.08. The van der Waals surface area contributed by atoms with E-state index >= 15 is 0 Å². The Morgan fingerprint density at radius 2 is 2.14 bits per heavy atom. The van der Waals surface area contributed by atoms with Crippen molar-refractivity contribution >= 4 is 28.8 Å². The molecular formula is C16H20ClNO2S. The number of halogens is 1. The lowest BCUT2D eigenvalue weighted by Gasteiger charge is -2.65. The molecule has 0 aromatic carbocycles. The van der Waals surface area contributed by atoms with Crippen molar-refractivity contribution in [2.24, 2.45) is 11.3 Å². The molecule has 2 aliphatic heterocycles. The monoisotopic (exact) mass is 325 g/mol. The van der Waals surface area contributed by atoms with Crippen molar-refractivity contribution in [3.8, 4) is 0 Å². The molecule has 1 aliphatic carbocycles. The number of thiophene rings is 1. The Hall–Kier alpha value is -0.580. The molecule has 1 spiro atoms. The number of nitrogens with zero attached hydrogens (tertiary/aromatic N) is 1. The summed E-state index contributed by atoms with van der Waals surface area (Å²) in [5, 5.41) is 2.50. The molecule has 21 heavy (non-hydrogen) atoms. The second kappa shape index (κ2) is 5.25. The van der Waals surface area contributed by atoms with Crippen LogP contribution in [0.15, 0.2) is 11.4 Å². The van der Waals surface area contributed by atoms with Crippen LogP contribution < -0.4 is 0 Å². The fraction of sp³-hybridized carbons (Fsp3) is 0.688. The number of rotatable bonds is 2. The van der Waals surface area contributed by atoms with Gasteiger partial charge in [-0.3, -0.25) is 4.79 Å². The van der Waals surface area contributed by atoms with Crippen molar-refractivity contribution in [1.29, 1.82) is 0 Å². The first-order valence-corrected chi connectivity index (χ1v) is 9.09. The van der Waals surface area contributed by atoms with Gasteiger partial charge in [0.2, 0.25) is 0 Å². The molecule has 1 aromatic rings. The molecule has 1 amide bonds. The third-order valence-electron chi connectivity index (χ3n) is 5.58. The molecule has 5 heteroatoms. The zero-order valence-electron chi connectivity index (χ0n) is 12.0. The summed E-state index contributed by atoms with van der Waals surface area (Å²) in [6.45, 7) is 2.63. The molecule has 0 unspecified atom stereocenters. The molecule has 1 saturated carbocycles. The molecule has 3 nitrogen and oxygen atoms in total. The standard InChI is InChI=1S/C16H20ClNO2S/c17-12-4-9-21-13(12)15(19)18-10-16(5-1-6-16)14(18)11-2-7-20-8-3-11/h4,9,11,14H,1-3,5-8,10H2/t14-/m0/s1. The Morgan fingerprint density at radius 1 is 1.38 bits per heavy atom. The van der Waals surface area contributed by atoms with E-state index in [1.807, 2.05) is 11.4 Å². The van der Waals surface area contributed by atoms with Crippen LogP contribution in [0.3, 0.4) is 0 Å². The van der Waals surface area contributed by atoms with Gasteiger partial charge in [-0.05, 0) is 43.0 Å². The van der Waals surface area contributed by atoms with Gasteiger partial charge in [-0.15, -0.1) is 11.3 Å². The fourth-order valence-corrected chi connectivity index (χ4v) is 5.49. The van der Waals surface area contributed by atoms with Crippen molar-refractivity contribution < 1.29 is 9.53 Å². The van der Waals surface area contributed by atoms with Gasteiger partial charge in [0.15, 0.2) is 0 Å². The molecule has 3 aliphatic rings. The number of ether oxygens (including phenoxy) is 1. The van der Waals surface area contributed by atoms with Gasteiger partial charge in [0.05, 0.1) is 5.02 Å². The minimum atomic E-state index is 0.143. The zero-order valence-corrected chi connectivity index (χ0v) is 13.6. The predicted molar refractivity (Wildman–Crippen MR) is 84.0 cm³/mol. The van der Waals surface area contributed by atoms with Crippen molar-refractivity contribution in [1.82, 2.24) is 4.90 Å². The van der Waals surface area contributed by atoms with Crippen LogP contribution in [0.25, 0.3) is 0 Å². The minimum Gasteiger partial charge on any atom is -0.381 e. The zero-order chi connectivity index (χ0) is 14.4. The summed E-state index contributed by atoms with van der Waals surface area (Å²) in [5.41, 5.74) is 0.418. The van der Waals surface area contributed by atoms with Crippen molar-refractivity contribution in [2.45, 2.75) is 38.1 Å². The first-order chi connectivity index (χ1) is 10.2. The molecular weight excluding hydrogens is 306 g/mol. The lowest BCUT2D eigenvalue weighted by atomic mass is 9.54. The van der Waals surface area contributed by atoms with Gasteiger partial charge in [0, 0.05) is 31.2 Å². The number of carbonyl (C=O) groups is 1. The SMILES string of the molecule is O=C(c1sccc1Cl)N1CC2(CCC2)[C@@H]1C1CCOCC1. The van der Waals surface area contributed by atoms with E-state index in [2.05, 4.69) is 4.90 Å². The third kappa shape index (κ3) is 2.14. The first-order valence-electron chi connectivity index (χ1n) is 7.83. The van der Waals surface area contributed by atoms with E-state index < -0.39 is 0 Å². The maximum Gasteiger partial charge on any atom is 0.265 e. The molecule has 2 saturated heterocycles. The number of likely N-dealkylation sites (tertiary alicyclic amines) is 1. The highest BCUT2D eigenvalue weighted by atomic mass is 35.5. The molecule has 0 bridgehead atoms. The van der Waals surface area contributed by atoms with Crippen LogP contribution in [0.5, 0.6) is 0 Å². The van der Waals surface area contributed by atoms with Gasteiger partial charge < -0.3 is 9.64 Å². The molecule has 1 atom stereocenters. The average Bonchev–Trinajstić information content (AvgIpc) is 2.83.